The van der Waals surface area contributed by atoms with Gasteiger partial charge < -0.3 is 9.47 Å². The first-order chi connectivity index (χ1) is 11.8. The van der Waals surface area contributed by atoms with Gasteiger partial charge in [0.2, 0.25) is 0 Å². The van der Waals surface area contributed by atoms with E-state index < -0.39 is 0 Å². The summed E-state index contributed by atoms with van der Waals surface area (Å²) in [6.07, 6.45) is 18.0. The summed E-state index contributed by atoms with van der Waals surface area (Å²) in [5.41, 5.74) is 1.27. The SMILES string of the molecule is CCOC(=O)c1cc([C]2[CH][CH][CH][CH]2)nn1C[C@H]1CO1.[CH]1[CH][CH][CH][CH]1.[Fe+2]. The largest absolute Gasteiger partial charge is 2.00 e. The number of hydrogen-bond donors (Lipinski definition) is 0. The van der Waals surface area contributed by atoms with Crippen molar-refractivity contribution in [2.45, 2.75) is 19.6 Å². The number of hydrogen-bond acceptors (Lipinski definition) is 4. The number of carbonyl (C=O) groups excluding carboxylic acids is 1. The van der Waals surface area contributed by atoms with Crippen LogP contribution in [-0.2, 0) is 33.1 Å². The monoisotopic (exact) mass is 380 g/mol. The van der Waals surface area contributed by atoms with E-state index in [4.69, 9.17) is 9.47 Å². The molecule has 1 aromatic heterocycles. The number of carbonyl (C=O) groups is 1. The third kappa shape index (κ3) is 6.12. The Morgan fingerprint density at radius 3 is 2.32 bits per heavy atom. The molecule has 1 atom stereocenters. The molecule has 0 amide bonds. The number of nitrogens with zero attached hydrogens (tertiary/aromatic N) is 2. The van der Waals surface area contributed by atoms with Crippen molar-refractivity contribution in [3.63, 3.8) is 0 Å². The van der Waals surface area contributed by atoms with E-state index in [9.17, 15) is 4.79 Å². The van der Waals surface area contributed by atoms with Crippen molar-refractivity contribution in [1.82, 2.24) is 9.78 Å². The van der Waals surface area contributed by atoms with Crippen LogP contribution in [0.25, 0.3) is 0 Å². The Labute approximate surface area is 161 Å². The minimum atomic E-state index is -0.339. The maximum Gasteiger partial charge on any atom is 2.00 e. The third-order valence-corrected chi connectivity index (χ3v) is 3.56. The normalized spacial score (nSPS) is 22.0. The maximum absolute atomic E-state index is 11.9. The zero-order valence-electron chi connectivity index (χ0n) is 13.9. The van der Waals surface area contributed by atoms with Gasteiger partial charge in [-0.25, -0.2) is 4.79 Å². The zero-order chi connectivity index (χ0) is 16.8. The fourth-order valence-corrected chi connectivity index (χ4v) is 2.30. The van der Waals surface area contributed by atoms with E-state index in [1.807, 2.05) is 57.8 Å². The average Bonchev–Trinajstić information content (AvgIpc) is 3.09. The van der Waals surface area contributed by atoms with Gasteiger partial charge in [-0.1, -0.05) is 0 Å². The molecule has 0 spiro atoms. The van der Waals surface area contributed by atoms with Crippen LogP contribution in [0, 0.1) is 63.7 Å². The number of rotatable bonds is 5. The van der Waals surface area contributed by atoms with Gasteiger partial charge in [0.25, 0.3) is 0 Å². The molecule has 0 bridgehead atoms. The van der Waals surface area contributed by atoms with E-state index >= 15 is 0 Å². The minimum Gasteiger partial charge on any atom is -0.461 e. The first-order valence-electron chi connectivity index (χ1n) is 8.03. The molecule has 0 aromatic carbocycles. The molecular formula is C19H20FeN2O3+2. The summed E-state index contributed by atoms with van der Waals surface area (Å²) in [5.74, 6) is 0.662. The Morgan fingerprint density at radius 2 is 1.80 bits per heavy atom. The van der Waals surface area contributed by atoms with E-state index in [-0.39, 0.29) is 29.1 Å². The van der Waals surface area contributed by atoms with Crippen LogP contribution in [0.15, 0.2) is 6.07 Å². The summed E-state index contributed by atoms with van der Waals surface area (Å²) in [5, 5.41) is 4.47. The summed E-state index contributed by atoms with van der Waals surface area (Å²) in [4.78, 5) is 11.9. The fraction of sp³-hybridized carbons (Fsp3) is 0.263. The van der Waals surface area contributed by atoms with Gasteiger partial charge in [-0.05, 0) is 70.8 Å². The van der Waals surface area contributed by atoms with E-state index in [0.29, 0.717) is 18.8 Å². The van der Waals surface area contributed by atoms with Crippen molar-refractivity contribution < 1.29 is 31.3 Å². The molecule has 6 heteroatoms. The van der Waals surface area contributed by atoms with Gasteiger partial charge in [-0.3, -0.25) is 4.68 Å². The second-order valence-electron chi connectivity index (χ2n) is 5.41. The van der Waals surface area contributed by atoms with Crippen molar-refractivity contribution in [2.75, 3.05) is 13.2 Å². The Hall–Kier alpha value is -0.841. The summed E-state index contributed by atoms with van der Waals surface area (Å²) in [6.45, 7) is 3.47. The Bertz CT molecular complexity index is 525. The number of aromatic nitrogens is 2. The summed E-state index contributed by atoms with van der Waals surface area (Å²) in [6, 6.07) is 1.77. The van der Waals surface area contributed by atoms with E-state index in [1.54, 1.807) is 17.7 Å². The molecule has 1 aliphatic heterocycles. The molecule has 0 unspecified atom stereocenters. The van der Waals surface area contributed by atoms with Crippen LogP contribution >= 0.6 is 0 Å². The predicted octanol–water partition coefficient (Wildman–Crippen LogP) is 2.23. The summed E-state index contributed by atoms with van der Waals surface area (Å²) < 4.78 is 11.9. The Kier molecular flexibility index (Phi) is 8.47. The second kappa shape index (κ2) is 10.3. The van der Waals surface area contributed by atoms with Gasteiger partial charge >= 0.3 is 23.0 Å². The molecule has 3 fully saturated rings. The molecule has 5 nitrogen and oxygen atoms in total. The molecule has 130 valence electrons. The van der Waals surface area contributed by atoms with E-state index in [2.05, 4.69) is 5.10 Å². The van der Waals surface area contributed by atoms with Crippen LogP contribution in [0.5, 0.6) is 0 Å². The Balaban J connectivity index is 0.000000325. The third-order valence-electron chi connectivity index (χ3n) is 3.56. The molecule has 3 aliphatic rings. The average molecular weight is 380 g/mol. The second-order valence-corrected chi connectivity index (χ2v) is 5.41. The van der Waals surface area contributed by atoms with Crippen LogP contribution in [-0.4, -0.2) is 35.1 Å². The molecule has 25 heavy (non-hydrogen) atoms. The van der Waals surface area contributed by atoms with Crippen molar-refractivity contribution in [3.05, 3.63) is 81.2 Å². The van der Waals surface area contributed by atoms with Crippen LogP contribution < -0.4 is 0 Å². The number of ether oxygens (including phenoxy) is 2. The molecule has 1 aromatic rings. The maximum atomic E-state index is 11.9. The van der Waals surface area contributed by atoms with Crippen molar-refractivity contribution in [2.24, 2.45) is 0 Å². The van der Waals surface area contributed by atoms with Gasteiger partial charge in [0.15, 0.2) is 0 Å². The minimum absolute atomic E-state index is 0. The molecule has 0 N–H and O–H groups in total. The van der Waals surface area contributed by atoms with Crippen molar-refractivity contribution >= 4 is 5.97 Å². The predicted molar refractivity (Wildman–Crippen MR) is 89.0 cm³/mol. The van der Waals surface area contributed by atoms with Crippen molar-refractivity contribution in [3.8, 4) is 0 Å². The zero-order valence-corrected chi connectivity index (χ0v) is 15.0. The van der Waals surface area contributed by atoms with Crippen LogP contribution in [0.1, 0.15) is 23.1 Å². The molecule has 2 heterocycles. The van der Waals surface area contributed by atoms with Crippen LogP contribution in [0.3, 0.4) is 0 Å². The van der Waals surface area contributed by atoms with Crippen LogP contribution in [0.4, 0.5) is 0 Å². The Morgan fingerprint density at radius 1 is 1.20 bits per heavy atom. The first kappa shape index (κ1) is 20.5. The van der Waals surface area contributed by atoms with Gasteiger partial charge in [0.05, 0.1) is 25.5 Å². The molecule has 2 aliphatic carbocycles. The van der Waals surface area contributed by atoms with Crippen molar-refractivity contribution in [1.29, 1.82) is 0 Å². The van der Waals surface area contributed by atoms with E-state index in [0.717, 1.165) is 18.2 Å². The molecule has 2 saturated carbocycles. The molecular weight excluding hydrogens is 360 g/mol. The summed E-state index contributed by atoms with van der Waals surface area (Å²) >= 11 is 0. The first-order valence-corrected chi connectivity index (χ1v) is 8.03. The number of esters is 1. The van der Waals surface area contributed by atoms with Gasteiger partial charge in [-0.2, -0.15) is 5.10 Å². The standard InChI is InChI=1S/C14H15N2O3.C5H5.Fe/c1-2-18-14(17)13-7-12(10-5-3-4-6-10)15-16(13)8-11-9-19-11;1-2-4-5-3-1;/h3-7,11H,2,8-9H2,1H3;1-5H;/q;;+2/t11-;;/m0../s1. The summed E-state index contributed by atoms with van der Waals surface area (Å²) in [7, 11) is 0. The molecule has 1 saturated heterocycles. The van der Waals surface area contributed by atoms with Gasteiger partial charge in [0.1, 0.15) is 11.8 Å². The molecule has 10 radical (unpaired) electrons. The number of epoxide rings is 1. The van der Waals surface area contributed by atoms with Gasteiger partial charge in [0, 0.05) is 5.92 Å². The van der Waals surface area contributed by atoms with Gasteiger partial charge in [-0.15, -0.1) is 0 Å². The quantitative estimate of drug-likeness (QED) is 0.447. The van der Waals surface area contributed by atoms with Crippen LogP contribution in [0.2, 0.25) is 0 Å². The smallest absolute Gasteiger partial charge is 0.461 e. The topological polar surface area (TPSA) is 56.6 Å². The fourth-order valence-electron chi connectivity index (χ4n) is 2.30. The molecule has 4 rings (SSSR count). The van der Waals surface area contributed by atoms with E-state index in [1.165, 1.54) is 0 Å².